The fourth-order valence-corrected chi connectivity index (χ4v) is 35.9. The third-order valence-corrected chi connectivity index (χ3v) is 32.4. The Balaban J connectivity index is -0.000000286. The second-order valence-electron chi connectivity index (χ2n) is 25.1. The van der Waals surface area contributed by atoms with Gasteiger partial charge in [0, 0.05) is 0 Å². The third-order valence-electron chi connectivity index (χ3n) is 10.7. The van der Waals surface area contributed by atoms with Crippen molar-refractivity contribution in [2.45, 2.75) is 253 Å². The molecular formula is C42H94N3Si3V-3. The fraction of sp³-hybridized carbons (Fsp3) is 0.952. The van der Waals surface area contributed by atoms with E-state index in [1.807, 2.05) is 0 Å². The minimum Gasteiger partial charge on any atom is -0.517 e. The van der Waals surface area contributed by atoms with Gasteiger partial charge in [-0.25, -0.2) is 0 Å². The molecule has 7 heteroatoms. The molecule has 3 nitrogen and oxygen atoms in total. The van der Waals surface area contributed by atoms with Crippen LogP contribution in [0.5, 0.6) is 0 Å². The second-order valence-corrected chi connectivity index (χ2v) is 44.2. The van der Waals surface area contributed by atoms with Crippen LogP contribution in [0.1, 0.15) is 208 Å². The Bertz CT molecular complexity index is 852. The van der Waals surface area contributed by atoms with Crippen LogP contribution in [0.15, 0.2) is 9.53 Å². The van der Waals surface area contributed by atoms with Crippen LogP contribution < -0.4 is 0 Å². The summed E-state index contributed by atoms with van der Waals surface area (Å²) in [5.74, 6) is 0. The van der Waals surface area contributed by atoms with Crippen molar-refractivity contribution in [3.05, 3.63) is 23.5 Å². The molecule has 0 fully saturated rings. The first-order valence-corrected chi connectivity index (χ1v) is 25.4. The fourth-order valence-electron chi connectivity index (χ4n) is 10.6. The average Bonchev–Trinajstić information content (AvgIpc) is 2.71. The minimum absolute atomic E-state index is 0.128. The van der Waals surface area contributed by atoms with Crippen LogP contribution in [-0.4, -0.2) is 24.7 Å². The molecule has 0 spiro atoms. The van der Waals surface area contributed by atoms with Gasteiger partial charge in [0.15, 0.2) is 0 Å². The summed E-state index contributed by atoms with van der Waals surface area (Å²) in [4.78, 5) is 0. The van der Waals surface area contributed by atoms with E-state index in [-0.39, 0.29) is 50.8 Å². The predicted octanol–water partition coefficient (Wildman–Crippen LogP) is 17.9. The van der Waals surface area contributed by atoms with E-state index in [2.05, 4.69) is 225 Å². The van der Waals surface area contributed by atoms with Crippen LogP contribution in [0.3, 0.4) is 0 Å². The maximum Gasteiger partial charge on any atom is -0.0522 e. The zero-order chi connectivity index (χ0) is 41.9. The van der Waals surface area contributed by atoms with Crippen LogP contribution in [0, 0.1) is 12.0 Å². The SMILES string of the molecule is CC(C)(C)[Si]([NH-])(C(C)(C)C)C(C)(C)C.CC(C)(C)[Si]([NH-])(C(C)(C)C)C(C)(C)C.CC(C)(C)[Si]([N]=[V])(C(C)(C)C)C(C)(C)C.[CH-]=CC(C)(C)C. The van der Waals surface area contributed by atoms with Gasteiger partial charge in [-0.1, -0.05) is 181 Å². The third kappa shape index (κ3) is 13.8. The van der Waals surface area contributed by atoms with Crippen LogP contribution in [-0.2, 0) is 17.2 Å². The molecule has 2 N–H and O–H groups in total. The van der Waals surface area contributed by atoms with Crippen molar-refractivity contribution in [2.75, 3.05) is 0 Å². The summed E-state index contributed by atoms with van der Waals surface area (Å²) in [6.45, 7) is 72.9. The normalized spacial score (nSPS) is 15.1. The summed E-state index contributed by atoms with van der Waals surface area (Å²) < 4.78 is 4.91. The van der Waals surface area contributed by atoms with E-state index < -0.39 is 24.7 Å². The molecule has 0 radical (unpaired) electrons. The largest absolute Gasteiger partial charge is 0.517 e. The average molecular weight is 776 g/mol. The number of hydrogen-bond donors (Lipinski definition) is 0. The number of allylic oxidation sites excluding steroid dienone is 1. The maximum absolute atomic E-state index is 9.01. The van der Waals surface area contributed by atoms with E-state index in [0.717, 1.165) is 0 Å². The molecule has 0 aromatic carbocycles. The van der Waals surface area contributed by atoms with Gasteiger partial charge >= 0.3 is 106 Å². The number of rotatable bonds is 1. The molecule has 0 saturated heterocycles. The summed E-state index contributed by atoms with van der Waals surface area (Å²) in [6, 6.07) is 0. The van der Waals surface area contributed by atoms with Crippen molar-refractivity contribution in [1.82, 2.24) is 0 Å². The zero-order valence-electron chi connectivity index (χ0n) is 39.5. The molecule has 0 heterocycles. The van der Waals surface area contributed by atoms with Gasteiger partial charge in [0.25, 0.3) is 0 Å². The monoisotopic (exact) mass is 776 g/mol. The van der Waals surface area contributed by atoms with Crippen LogP contribution in [0.25, 0.3) is 10.8 Å². The summed E-state index contributed by atoms with van der Waals surface area (Å²) in [5.41, 5.74) is 0.194. The molecule has 0 aromatic rings. The van der Waals surface area contributed by atoms with E-state index in [0.29, 0.717) is 0 Å². The zero-order valence-corrected chi connectivity index (χ0v) is 43.9. The molecule has 0 aliphatic rings. The van der Waals surface area contributed by atoms with Gasteiger partial charge in [0.2, 0.25) is 0 Å². The number of hydrogen-bond acceptors (Lipinski definition) is 1. The molecular weight excluding hydrogens is 682 g/mol. The van der Waals surface area contributed by atoms with Crippen molar-refractivity contribution < 1.29 is 17.2 Å². The Morgan fingerprint density at radius 1 is 0.367 bits per heavy atom. The second kappa shape index (κ2) is 17.0. The Morgan fingerprint density at radius 3 is 0.490 bits per heavy atom. The molecule has 0 saturated carbocycles. The van der Waals surface area contributed by atoms with Crippen molar-refractivity contribution in [3.8, 4) is 0 Å². The van der Waals surface area contributed by atoms with Crippen molar-refractivity contribution in [1.29, 1.82) is 0 Å². The van der Waals surface area contributed by atoms with Gasteiger partial charge < -0.3 is 17.4 Å². The van der Waals surface area contributed by atoms with Gasteiger partial charge in [-0.3, -0.25) is 6.08 Å². The van der Waals surface area contributed by atoms with Crippen LogP contribution >= 0.6 is 0 Å². The molecule has 0 aliphatic heterocycles. The van der Waals surface area contributed by atoms with Gasteiger partial charge in [-0.05, 0) is 16.5 Å². The quantitative estimate of drug-likeness (QED) is 0.188. The number of nitrogens with one attached hydrogen (secondary N) is 2. The summed E-state index contributed by atoms with van der Waals surface area (Å²) in [5, 5.41) is 19.7. The van der Waals surface area contributed by atoms with Crippen LogP contribution in [0.4, 0.5) is 0 Å². The van der Waals surface area contributed by atoms with Crippen LogP contribution in [0.2, 0.25) is 45.3 Å². The topological polar surface area (TPSA) is 60.0 Å². The molecule has 0 aliphatic carbocycles. The smallest absolute Gasteiger partial charge is 0.0522 e. The Hall–Kier alpha value is 0.695. The summed E-state index contributed by atoms with van der Waals surface area (Å²) in [6.07, 6.45) is 1.69. The van der Waals surface area contributed by atoms with E-state index in [4.69, 9.17) is 20.8 Å². The van der Waals surface area contributed by atoms with Gasteiger partial charge in [0.05, 0.1) is 0 Å². The molecule has 0 aromatic heterocycles. The summed E-state index contributed by atoms with van der Waals surface area (Å²) in [7, 11) is -5.99. The van der Waals surface area contributed by atoms with Crippen molar-refractivity contribution in [2.24, 2.45) is 8.87 Å². The number of nitrogens with zero attached hydrogens (tertiary/aromatic N) is 1. The van der Waals surface area contributed by atoms with E-state index in [1.165, 1.54) is 0 Å². The van der Waals surface area contributed by atoms with E-state index >= 15 is 0 Å². The van der Waals surface area contributed by atoms with Crippen molar-refractivity contribution in [3.63, 3.8) is 0 Å². The van der Waals surface area contributed by atoms with Gasteiger partial charge in [0.1, 0.15) is 0 Å². The van der Waals surface area contributed by atoms with E-state index in [1.54, 1.807) is 6.08 Å². The first-order chi connectivity index (χ1) is 20.4. The molecule has 297 valence electrons. The first-order valence-electron chi connectivity index (χ1n) is 18.8. The Morgan fingerprint density at radius 2 is 0.490 bits per heavy atom. The summed E-state index contributed by atoms with van der Waals surface area (Å²) >= 11 is 2.51. The van der Waals surface area contributed by atoms with Gasteiger partial charge in [-0.2, -0.15) is 0 Å². The molecule has 0 bridgehead atoms. The molecule has 0 amide bonds. The van der Waals surface area contributed by atoms with Crippen molar-refractivity contribution >= 4 is 24.7 Å². The standard InChI is InChI=1S/2C12H28NSi.C12H27NSi.C6H11.V/c3*1-10(2,3)14(13,11(4,5)6)12(7,8)9;1-5-6(2,3)4;/h2*13H,1-9H3;1-9H3;1,5H,2-4H3;/q2*-1;;-1;. The van der Waals surface area contributed by atoms with Gasteiger partial charge in [-0.15, -0.1) is 0 Å². The van der Waals surface area contributed by atoms with E-state index in [9.17, 15) is 0 Å². The molecule has 0 unspecified atom stereocenters. The molecule has 0 rings (SSSR count). The first kappa shape index (κ1) is 56.4. The minimum atomic E-state index is -2.10. The Labute approximate surface area is 325 Å². The molecule has 0 atom stereocenters. The Kier molecular flexibility index (Phi) is 19.6. The molecule has 49 heavy (non-hydrogen) atoms. The predicted molar refractivity (Wildman–Crippen MR) is 234 cm³/mol. The maximum atomic E-state index is 9.01.